The van der Waals surface area contributed by atoms with Gasteiger partial charge < -0.3 is 10.6 Å². The van der Waals surface area contributed by atoms with Crippen LogP contribution in [0.4, 0.5) is 5.69 Å². The van der Waals surface area contributed by atoms with Gasteiger partial charge in [0, 0.05) is 18.7 Å². The molecular formula is C20H24N4O4S2. The topological polar surface area (TPSA) is 117 Å². The summed E-state index contributed by atoms with van der Waals surface area (Å²) in [7, 11) is -3.79. The number of anilines is 1. The van der Waals surface area contributed by atoms with E-state index in [-0.39, 0.29) is 16.7 Å². The molecule has 0 aliphatic carbocycles. The predicted molar refractivity (Wildman–Crippen MR) is 117 cm³/mol. The molecule has 1 aliphatic heterocycles. The summed E-state index contributed by atoms with van der Waals surface area (Å²) < 4.78 is 27.7. The van der Waals surface area contributed by atoms with Gasteiger partial charge in [-0.15, -0.1) is 11.3 Å². The number of amides is 2. The van der Waals surface area contributed by atoms with Crippen molar-refractivity contribution in [3.63, 3.8) is 0 Å². The van der Waals surface area contributed by atoms with E-state index >= 15 is 0 Å². The van der Waals surface area contributed by atoms with Gasteiger partial charge in [-0.3, -0.25) is 19.3 Å². The Balaban J connectivity index is 1.72. The van der Waals surface area contributed by atoms with Crippen LogP contribution in [0.3, 0.4) is 0 Å². The highest BCUT2D eigenvalue weighted by molar-refractivity contribution is 7.90. The van der Waals surface area contributed by atoms with Gasteiger partial charge in [0.1, 0.15) is 11.9 Å². The smallest absolute Gasteiger partial charge is 0.262 e. The van der Waals surface area contributed by atoms with Crippen LogP contribution in [-0.2, 0) is 14.8 Å². The van der Waals surface area contributed by atoms with Crippen molar-refractivity contribution < 1.29 is 18.0 Å². The van der Waals surface area contributed by atoms with Gasteiger partial charge >= 0.3 is 0 Å². The molecule has 8 nitrogen and oxygen atoms in total. The summed E-state index contributed by atoms with van der Waals surface area (Å²) in [6, 6.07) is 8.66. The lowest BCUT2D eigenvalue weighted by molar-refractivity contribution is -0.118. The number of nitrogens with zero attached hydrogens (tertiary/aromatic N) is 1. The summed E-state index contributed by atoms with van der Waals surface area (Å²) in [4.78, 5) is 29.8. The first-order chi connectivity index (χ1) is 14.3. The summed E-state index contributed by atoms with van der Waals surface area (Å²) in [5.41, 5.74) is 0.326. The summed E-state index contributed by atoms with van der Waals surface area (Å²) in [5, 5.41) is 7.24. The molecule has 0 spiro atoms. The van der Waals surface area contributed by atoms with E-state index in [0.717, 1.165) is 6.42 Å². The molecule has 1 aromatic carbocycles. The van der Waals surface area contributed by atoms with E-state index < -0.39 is 22.0 Å². The second-order valence-electron chi connectivity index (χ2n) is 7.23. The Morgan fingerprint density at radius 3 is 2.60 bits per heavy atom. The zero-order valence-corrected chi connectivity index (χ0v) is 18.3. The third-order valence-corrected chi connectivity index (χ3v) is 6.77. The second-order valence-corrected chi connectivity index (χ2v) is 9.86. The molecule has 2 heterocycles. The van der Waals surface area contributed by atoms with E-state index in [1.165, 1.54) is 23.5 Å². The fourth-order valence-corrected chi connectivity index (χ4v) is 4.71. The maximum Gasteiger partial charge on any atom is 0.262 e. The molecule has 0 radical (unpaired) electrons. The van der Waals surface area contributed by atoms with Crippen LogP contribution in [0.15, 0.2) is 51.7 Å². The first-order valence-electron chi connectivity index (χ1n) is 9.58. The van der Waals surface area contributed by atoms with Crippen LogP contribution in [0.25, 0.3) is 0 Å². The highest BCUT2D eigenvalue weighted by Crippen LogP contribution is 2.18. The van der Waals surface area contributed by atoms with Crippen LogP contribution < -0.4 is 15.4 Å². The van der Waals surface area contributed by atoms with Crippen molar-refractivity contribution in [3.05, 3.63) is 46.7 Å². The minimum atomic E-state index is -3.79. The third kappa shape index (κ3) is 5.45. The molecule has 1 atom stereocenters. The molecule has 160 valence electrons. The van der Waals surface area contributed by atoms with E-state index in [4.69, 9.17) is 0 Å². The number of amidine groups is 1. The van der Waals surface area contributed by atoms with Crippen LogP contribution in [-0.4, -0.2) is 38.7 Å². The number of rotatable bonds is 7. The second kappa shape index (κ2) is 9.40. The maximum absolute atomic E-state index is 12.8. The number of carbonyl (C=O) groups is 2. The summed E-state index contributed by atoms with van der Waals surface area (Å²) >= 11 is 1.29. The summed E-state index contributed by atoms with van der Waals surface area (Å²) in [6.07, 6.45) is 1.41. The van der Waals surface area contributed by atoms with Gasteiger partial charge in [0.15, 0.2) is 0 Å². The summed E-state index contributed by atoms with van der Waals surface area (Å²) in [5.74, 6) is -0.460. The van der Waals surface area contributed by atoms with Crippen LogP contribution in [0.2, 0.25) is 0 Å². The number of carbonyl (C=O) groups excluding carboxylic acids is 2. The standard InChI is InChI=1S/C20H24N4O4S2/c1-13(2)18(23-19(25)16-8-5-11-29-16)20(26)22-14-6-3-7-15(12-14)30(27,28)24-17-9-4-10-21-17/h3,5-8,11-13,18H,4,9-10H2,1-2H3,(H,21,24)(H,22,26)(H,23,25)/t18-/m1/s1. The Kier molecular flexibility index (Phi) is 6.88. The number of sulfonamides is 1. The van der Waals surface area contributed by atoms with Gasteiger partial charge in [0.05, 0.1) is 9.77 Å². The minimum absolute atomic E-state index is 0.0265. The van der Waals surface area contributed by atoms with Gasteiger partial charge in [0.25, 0.3) is 15.9 Å². The molecule has 0 fully saturated rings. The number of hydrogen-bond acceptors (Lipinski definition) is 6. The molecule has 2 aromatic rings. The lowest BCUT2D eigenvalue weighted by atomic mass is 10.0. The average molecular weight is 449 g/mol. The van der Waals surface area contributed by atoms with Gasteiger partial charge in [0.2, 0.25) is 5.91 Å². The lowest BCUT2D eigenvalue weighted by Gasteiger charge is -2.21. The molecule has 2 amide bonds. The average Bonchev–Trinajstić information content (AvgIpc) is 3.39. The van der Waals surface area contributed by atoms with Gasteiger partial charge in [-0.2, -0.15) is 0 Å². The van der Waals surface area contributed by atoms with Crippen molar-refractivity contribution in [3.8, 4) is 0 Å². The van der Waals surface area contributed by atoms with Crippen molar-refractivity contribution in [2.24, 2.45) is 10.9 Å². The Morgan fingerprint density at radius 1 is 1.17 bits per heavy atom. The molecule has 0 saturated heterocycles. The molecule has 1 aliphatic rings. The molecule has 3 rings (SSSR count). The van der Waals surface area contributed by atoms with Crippen LogP contribution >= 0.6 is 11.3 Å². The molecular weight excluding hydrogens is 424 g/mol. The Bertz CT molecular complexity index is 1050. The first-order valence-corrected chi connectivity index (χ1v) is 11.9. The molecule has 0 unspecified atom stereocenters. The Labute approximate surface area is 179 Å². The molecule has 30 heavy (non-hydrogen) atoms. The van der Waals surface area contributed by atoms with E-state index in [0.29, 0.717) is 29.4 Å². The molecule has 3 N–H and O–H groups in total. The lowest BCUT2D eigenvalue weighted by Crippen LogP contribution is -2.47. The quantitative estimate of drug-likeness (QED) is 0.604. The number of thiophene rings is 1. The number of aliphatic imine (C=N–C) groups is 1. The third-order valence-electron chi connectivity index (χ3n) is 4.52. The zero-order chi connectivity index (χ0) is 21.7. The highest BCUT2D eigenvalue weighted by atomic mass is 32.2. The number of nitrogens with one attached hydrogen (secondary N) is 3. The van der Waals surface area contributed by atoms with Crippen molar-refractivity contribution in [1.29, 1.82) is 0 Å². The van der Waals surface area contributed by atoms with Crippen molar-refractivity contribution in [2.45, 2.75) is 37.6 Å². The van der Waals surface area contributed by atoms with Crippen LogP contribution in [0, 0.1) is 5.92 Å². The highest BCUT2D eigenvalue weighted by Gasteiger charge is 2.26. The van der Waals surface area contributed by atoms with Gasteiger partial charge in [-0.1, -0.05) is 26.0 Å². The fraction of sp³-hybridized carbons (Fsp3) is 0.350. The first kappa shape index (κ1) is 22.0. The van der Waals surface area contributed by atoms with Gasteiger partial charge in [-0.05, 0) is 42.0 Å². The van der Waals surface area contributed by atoms with Gasteiger partial charge in [-0.25, -0.2) is 8.42 Å². The van der Waals surface area contributed by atoms with Crippen molar-refractivity contribution in [2.75, 3.05) is 11.9 Å². The zero-order valence-electron chi connectivity index (χ0n) is 16.7. The maximum atomic E-state index is 12.8. The van der Waals surface area contributed by atoms with E-state index in [2.05, 4.69) is 20.3 Å². The predicted octanol–water partition coefficient (Wildman–Crippen LogP) is 2.61. The molecule has 10 heteroatoms. The van der Waals surface area contributed by atoms with E-state index in [9.17, 15) is 18.0 Å². The van der Waals surface area contributed by atoms with Crippen molar-refractivity contribution in [1.82, 2.24) is 10.0 Å². The number of benzene rings is 1. The van der Waals surface area contributed by atoms with Crippen molar-refractivity contribution >= 4 is 44.7 Å². The summed E-state index contributed by atoms with van der Waals surface area (Å²) in [6.45, 7) is 4.26. The monoisotopic (exact) mass is 448 g/mol. The SMILES string of the molecule is CC(C)[C@@H](NC(=O)c1cccs1)C(=O)Nc1cccc(S(=O)(=O)NC2=NCCC2)c1. The van der Waals surface area contributed by atoms with Crippen LogP contribution in [0.1, 0.15) is 36.4 Å². The molecule has 0 saturated carbocycles. The van der Waals surface area contributed by atoms with E-state index in [1.54, 1.807) is 29.6 Å². The Morgan fingerprint density at radius 2 is 1.97 bits per heavy atom. The van der Waals surface area contributed by atoms with Crippen LogP contribution in [0.5, 0.6) is 0 Å². The Hall–Kier alpha value is -2.72. The molecule has 0 bridgehead atoms. The molecule has 1 aromatic heterocycles. The fourth-order valence-electron chi connectivity index (χ4n) is 2.95. The largest absolute Gasteiger partial charge is 0.339 e. The normalized spacial score (nSPS) is 14.8. The van der Waals surface area contributed by atoms with E-state index in [1.807, 2.05) is 13.8 Å². The minimum Gasteiger partial charge on any atom is -0.339 e. The number of hydrogen-bond donors (Lipinski definition) is 3.